The van der Waals surface area contributed by atoms with E-state index in [4.69, 9.17) is 9.47 Å². The summed E-state index contributed by atoms with van der Waals surface area (Å²) in [6, 6.07) is -0.0384. The molecule has 2 heterocycles. The van der Waals surface area contributed by atoms with Gasteiger partial charge in [0.25, 0.3) is 0 Å². The van der Waals surface area contributed by atoms with Gasteiger partial charge in [0.15, 0.2) is 0 Å². The van der Waals surface area contributed by atoms with Crippen LogP contribution < -0.4 is 5.32 Å². The monoisotopic (exact) mass is 312 g/mol. The van der Waals surface area contributed by atoms with E-state index in [0.717, 1.165) is 13.0 Å². The minimum Gasteiger partial charge on any atom is -0.379 e. The molecule has 1 saturated heterocycles. The number of aryl methyl sites for hydroxylation is 1. The predicted molar refractivity (Wildman–Crippen MR) is 78.4 cm³/mol. The van der Waals surface area contributed by atoms with E-state index >= 15 is 0 Å². The molecule has 1 aromatic rings. The van der Waals surface area contributed by atoms with Crippen LogP contribution in [0.3, 0.4) is 0 Å². The molecule has 1 aliphatic heterocycles. The Kier molecular flexibility index (Phi) is 6.29. The molecule has 8 heteroatoms. The zero-order valence-corrected chi connectivity index (χ0v) is 13.4. The molecule has 22 heavy (non-hydrogen) atoms. The molecule has 124 valence electrons. The van der Waals surface area contributed by atoms with Crippen LogP contribution in [-0.2, 0) is 20.7 Å². The van der Waals surface area contributed by atoms with Crippen LogP contribution in [0.15, 0.2) is 4.63 Å². The maximum Gasteiger partial charge on any atom is 0.226 e. The lowest BCUT2D eigenvalue weighted by Crippen LogP contribution is -2.50. The van der Waals surface area contributed by atoms with Gasteiger partial charge in [-0.25, -0.2) is 4.63 Å². The SMILES string of the molecule is Cc1nonc1CC(=O)N[C@@H]1CCOC[C@H]1OCCN(C)C. The number of aromatic nitrogens is 2. The minimum absolute atomic E-state index is 0.0384. The summed E-state index contributed by atoms with van der Waals surface area (Å²) in [5.41, 5.74) is 1.20. The maximum atomic E-state index is 12.1. The van der Waals surface area contributed by atoms with Crippen LogP contribution in [-0.4, -0.2) is 73.7 Å². The Labute approximate surface area is 130 Å². The van der Waals surface area contributed by atoms with Crippen molar-refractivity contribution < 1.29 is 18.9 Å². The molecular formula is C14H24N4O4. The second kappa shape index (κ2) is 8.21. The lowest BCUT2D eigenvalue weighted by atomic mass is 10.1. The molecular weight excluding hydrogens is 288 g/mol. The maximum absolute atomic E-state index is 12.1. The second-order valence-electron chi connectivity index (χ2n) is 5.72. The van der Waals surface area contributed by atoms with Gasteiger partial charge < -0.3 is 19.7 Å². The third-order valence-corrected chi connectivity index (χ3v) is 3.60. The molecule has 0 unspecified atom stereocenters. The fourth-order valence-electron chi connectivity index (χ4n) is 2.25. The van der Waals surface area contributed by atoms with Crippen molar-refractivity contribution >= 4 is 5.91 Å². The number of likely N-dealkylation sites (N-methyl/N-ethyl adjacent to an activating group) is 1. The summed E-state index contributed by atoms with van der Waals surface area (Å²) in [6.45, 7) is 4.34. The van der Waals surface area contributed by atoms with Crippen molar-refractivity contribution in [2.75, 3.05) is 40.5 Å². The Morgan fingerprint density at radius 3 is 2.95 bits per heavy atom. The van der Waals surface area contributed by atoms with Crippen molar-refractivity contribution in [2.24, 2.45) is 0 Å². The Morgan fingerprint density at radius 2 is 2.27 bits per heavy atom. The average molecular weight is 312 g/mol. The summed E-state index contributed by atoms with van der Waals surface area (Å²) in [7, 11) is 3.99. The second-order valence-corrected chi connectivity index (χ2v) is 5.72. The number of hydrogen-bond donors (Lipinski definition) is 1. The Hall–Kier alpha value is -1.51. The molecule has 0 aromatic carbocycles. The van der Waals surface area contributed by atoms with Crippen LogP contribution in [0.1, 0.15) is 17.8 Å². The number of hydrogen-bond acceptors (Lipinski definition) is 7. The highest BCUT2D eigenvalue weighted by Gasteiger charge is 2.28. The van der Waals surface area contributed by atoms with Gasteiger partial charge in [-0.05, 0) is 27.4 Å². The zero-order valence-electron chi connectivity index (χ0n) is 13.4. The van der Waals surface area contributed by atoms with Crippen LogP contribution >= 0.6 is 0 Å². The van der Waals surface area contributed by atoms with Crippen molar-refractivity contribution in [2.45, 2.75) is 31.9 Å². The third-order valence-electron chi connectivity index (χ3n) is 3.60. The van der Waals surface area contributed by atoms with Crippen molar-refractivity contribution in [1.82, 2.24) is 20.5 Å². The highest BCUT2D eigenvalue weighted by Crippen LogP contribution is 2.12. The van der Waals surface area contributed by atoms with Gasteiger partial charge in [0.2, 0.25) is 5.91 Å². The van der Waals surface area contributed by atoms with E-state index in [1.165, 1.54) is 0 Å². The normalized spacial score (nSPS) is 22.0. The summed E-state index contributed by atoms with van der Waals surface area (Å²) >= 11 is 0. The smallest absolute Gasteiger partial charge is 0.226 e. The first-order valence-electron chi connectivity index (χ1n) is 7.47. The summed E-state index contributed by atoms with van der Waals surface area (Å²) < 4.78 is 15.9. The van der Waals surface area contributed by atoms with E-state index in [2.05, 4.69) is 25.2 Å². The van der Waals surface area contributed by atoms with Gasteiger partial charge >= 0.3 is 0 Å². The lowest BCUT2D eigenvalue weighted by Gasteiger charge is -2.32. The Bertz CT molecular complexity index is 477. The number of ether oxygens (including phenoxy) is 2. The van der Waals surface area contributed by atoms with Gasteiger partial charge in [0.1, 0.15) is 17.5 Å². The van der Waals surface area contributed by atoms with Gasteiger partial charge in [-0.1, -0.05) is 10.3 Å². The van der Waals surface area contributed by atoms with E-state index in [1.807, 2.05) is 14.1 Å². The summed E-state index contributed by atoms with van der Waals surface area (Å²) in [5.74, 6) is -0.105. The van der Waals surface area contributed by atoms with E-state index < -0.39 is 0 Å². The Morgan fingerprint density at radius 1 is 1.45 bits per heavy atom. The number of rotatable bonds is 7. The molecule has 0 radical (unpaired) electrons. The number of carbonyl (C=O) groups excluding carboxylic acids is 1. The minimum atomic E-state index is -0.116. The molecule has 1 N–H and O–H groups in total. The molecule has 1 aliphatic rings. The first-order valence-corrected chi connectivity index (χ1v) is 7.47. The number of nitrogens with one attached hydrogen (secondary N) is 1. The molecule has 1 aromatic heterocycles. The summed E-state index contributed by atoms with van der Waals surface area (Å²) in [6.07, 6.45) is 0.792. The van der Waals surface area contributed by atoms with Crippen molar-refractivity contribution in [3.63, 3.8) is 0 Å². The van der Waals surface area contributed by atoms with E-state index in [9.17, 15) is 4.79 Å². The van der Waals surface area contributed by atoms with Crippen molar-refractivity contribution in [3.8, 4) is 0 Å². The molecule has 0 spiro atoms. The fraction of sp³-hybridized carbons (Fsp3) is 0.786. The standard InChI is InChI=1S/C14H24N4O4/c1-10-12(17-22-16-10)8-14(19)15-11-4-6-20-9-13(11)21-7-5-18(2)3/h11,13H,4-9H2,1-3H3,(H,15,19)/t11-,13-/m1/s1. The first kappa shape index (κ1) is 16.9. The molecule has 0 bridgehead atoms. The third kappa shape index (κ3) is 5.04. The van der Waals surface area contributed by atoms with E-state index in [-0.39, 0.29) is 24.5 Å². The molecule has 1 amide bonds. The molecule has 2 atom stereocenters. The van der Waals surface area contributed by atoms with Crippen LogP contribution in [0.25, 0.3) is 0 Å². The quantitative estimate of drug-likeness (QED) is 0.744. The van der Waals surface area contributed by atoms with E-state index in [1.54, 1.807) is 6.92 Å². The largest absolute Gasteiger partial charge is 0.379 e. The van der Waals surface area contributed by atoms with Crippen LogP contribution in [0.4, 0.5) is 0 Å². The first-order chi connectivity index (χ1) is 10.6. The zero-order chi connectivity index (χ0) is 15.9. The van der Waals surface area contributed by atoms with Gasteiger partial charge in [-0.3, -0.25) is 4.79 Å². The predicted octanol–water partition coefficient (Wildman–Crippen LogP) is -0.228. The van der Waals surface area contributed by atoms with Gasteiger partial charge in [0, 0.05) is 13.2 Å². The molecule has 1 fully saturated rings. The molecule has 0 aliphatic carbocycles. The van der Waals surface area contributed by atoms with Crippen LogP contribution in [0.5, 0.6) is 0 Å². The number of amides is 1. The molecule has 0 saturated carbocycles. The average Bonchev–Trinajstić information content (AvgIpc) is 2.85. The van der Waals surface area contributed by atoms with Gasteiger partial charge in [-0.2, -0.15) is 0 Å². The van der Waals surface area contributed by atoms with Crippen LogP contribution in [0.2, 0.25) is 0 Å². The summed E-state index contributed by atoms with van der Waals surface area (Å²) in [4.78, 5) is 14.2. The van der Waals surface area contributed by atoms with Gasteiger partial charge in [-0.15, -0.1) is 0 Å². The molecule has 2 rings (SSSR count). The Balaban J connectivity index is 1.82. The highest BCUT2D eigenvalue weighted by atomic mass is 16.6. The van der Waals surface area contributed by atoms with Crippen LogP contribution in [0, 0.1) is 6.92 Å². The molecule has 8 nitrogen and oxygen atoms in total. The van der Waals surface area contributed by atoms with Gasteiger partial charge in [0.05, 0.1) is 25.7 Å². The fourth-order valence-corrected chi connectivity index (χ4v) is 2.25. The van der Waals surface area contributed by atoms with Crippen molar-refractivity contribution in [3.05, 3.63) is 11.4 Å². The summed E-state index contributed by atoms with van der Waals surface area (Å²) in [5, 5.41) is 10.4. The topological polar surface area (TPSA) is 89.7 Å². The highest BCUT2D eigenvalue weighted by molar-refractivity contribution is 5.78. The van der Waals surface area contributed by atoms with Crippen molar-refractivity contribution in [1.29, 1.82) is 0 Å². The lowest BCUT2D eigenvalue weighted by molar-refractivity contribution is -0.125. The number of nitrogens with zero attached hydrogens (tertiary/aromatic N) is 3. The number of carbonyl (C=O) groups is 1. The van der Waals surface area contributed by atoms with E-state index in [0.29, 0.717) is 31.2 Å².